The standard InChI is InChI=1S/C15H22N2O2/c1-2-3-11-6-8-17(9-7-11)15(19)13-10-12(18)4-5-14(13)16/h4-5,10-11,18H,2-3,6-9,16H2,1H3. The summed E-state index contributed by atoms with van der Waals surface area (Å²) in [5.74, 6) is 0.761. The average molecular weight is 262 g/mol. The summed E-state index contributed by atoms with van der Waals surface area (Å²) in [6, 6.07) is 4.53. The highest BCUT2D eigenvalue weighted by Gasteiger charge is 2.24. The zero-order chi connectivity index (χ0) is 13.8. The molecule has 1 aliphatic heterocycles. The number of anilines is 1. The molecule has 1 aromatic carbocycles. The second-order valence-corrected chi connectivity index (χ2v) is 5.30. The number of carbonyl (C=O) groups excluding carboxylic acids is 1. The Kier molecular flexibility index (Phi) is 4.30. The van der Waals surface area contributed by atoms with Crippen LogP contribution in [0, 0.1) is 5.92 Å². The van der Waals surface area contributed by atoms with Crippen molar-refractivity contribution in [2.45, 2.75) is 32.6 Å². The molecule has 1 aliphatic rings. The molecule has 0 unspecified atom stereocenters. The maximum atomic E-state index is 12.4. The van der Waals surface area contributed by atoms with E-state index in [0.29, 0.717) is 11.3 Å². The molecule has 3 N–H and O–H groups in total. The molecule has 0 saturated carbocycles. The van der Waals surface area contributed by atoms with Gasteiger partial charge >= 0.3 is 0 Å². The first-order valence-corrected chi connectivity index (χ1v) is 6.99. The fourth-order valence-corrected chi connectivity index (χ4v) is 2.73. The molecule has 0 radical (unpaired) electrons. The van der Waals surface area contributed by atoms with Gasteiger partial charge in [0.15, 0.2) is 0 Å². The van der Waals surface area contributed by atoms with Crippen LogP contribution in [0.1, 0.15) is 43.0 Å². The van der Waals surface area contributed by atoms with Gasteiger partial charge in [-0.25, -0.2) is 0 Å². The van der Waals surface area contributed by atoms with Gasteiger partial charge in [0.25, 0.3) is 5.91 Å². The van der Waals surface area contributed by atoms with Crippen molar-refractivity contribution in [2.75, 3.05) is 18.8 Å². The van der Waals surface area contributed by atoms with Crippen LogP contribution in [-0.4, -0.2) is 29.0 Å². The lowest BCUT2D eigenvalue weighted by Gasteiger charge is -2.32. The van der Waals surface area contributed by atoms with E-state index in [9.17, 15) is 9.90 Å². The molecule has 1 fully saturated rings. The van der Waals surface area contributed by atoms with Crippen LogP contribution in [0.4, 0.5) is 5.69 Å². The van der Waals surface area contributed by atoms with Gasteiger partial charge in [-0.1, -0.05) is 19.8 Å². The van der Waals surface area contributed by atoms with Crippen LogP contribution >= 0.6 is 0 Å². The Hall–Kier alpha value is -1.71. The van der Waals surface area contributed by atoms with E-state index in [1.807, 2.05) is 4.90 Å². The summed E-state index contributed by atoms with van der Waals surface area (Å²) in [6.07, 6.45) is 4.59. The number of carbonyl (C=O) groups is 1. The minimum atomic E-state index is -0.0663. The van der Waals surface area contributed by atoms with Crippen molar-refractivity contribution in [2.24, 2.45) is 5.92 Å². The molecule has 1 saturated heterocycles. The molecule has 1 aromatic rings. The summed E-state index contributed by atoms with van der Waals surface area (Å²) in [6.45, 7) is 3.78. The van der Waals surface area contributed by atoms with E-state index in [0.717, 1.165) is 31.8 Å². The number of phenols is 1. The minimum absolute atomic E-state index is 0.0663. The largest absolute Gasteiger partial charge is 0.508 e. The summed E-state index contributed by atoms with van der Waals surface area (Å²) in [4.78, 5) is 14.2. The molecule has 0 aromatic heterocycles. The molecule has 4 heteroatoms. The van der Waals surface area contributed by atoms with Crippen molar-refractivity contribution in [3.63, 3.8) is 0 Å². The maximum absolute atomic E-state index is 12.4. The Morgan fingerprint density at radius 2 is 2.11 bits per heavy atom. The van der Waals surface area contributed by atoms with Crippen LogP contribution in [0.25, 0.3) is 0 Å². The van der Waals surface area contributed by atoms with Gasteiger partial charge in [0.05, 0.1) is 5.56 Å². The molecule has 1 heterocycles. The molecule has 19 heavy (non-hydrogen) atoms. The van der Waals surface area contributed by atoms with Gasteiger partial charge in [0.2, 0.25) is 0 Å². The quantitative estimate of drug-likeness (QED) is 0.650. The first kappa shape index (κ1) is 13.7. The highest BCUT2D eigenvalue weighted by Crippen LogP contribution is 2.25. The third kappa shape index (κ3) is 3.19. The number of piperidine rings is 1. The van der Waals surface area contributed by atoms with Crippen molar-refractivity contribution in [3.05, 3.63) is 23.8 Å². The first-order valence-electron chi connectivity index (χ1n) is 6.99. The number of benzene rings is 1. The van der Waals surface area contributed by atoms with E-state index in [-0.39, 0.29) is 11.7 Å². The Bertz CT molecular complexity index is 451. The third-order valence-electron chi connectivity index (χ3n) is 3.87. The number of likely N-dealkylation sites (tertiary alicyclic amines) is 1. The van der Waals surface area contributed by atoms with Crippen molar-refractivity contribution in [1.29, 1.82) is 0 Å². The van der Waals surface area contributed by atoms with Crippen LogP contribution in [0.3, 0.4) is 0 Å². The zero-order valence-electron chi connectivity index (χ0n) is 11.4. The van der Waals surface area contributed by atoms with Gasteiger partial charge < -0.3 is 15.7 Å². The van der Waals surface area contributed by atoms with Crippen molar-refractivity contribution in [1.82, 2.24) is 4.90 Å². The highest BCUT2D eigenvalue weighted by molar-refractivity contribution is 5.99. The summed E-state index contributed by atoms with van der Waals surface area (Å²) in [5, 5.41) is 9.47. The topological polar surface area (TPSA) is 66.6 Å². The van der Waals surface area contributed by atoms with Crippen LogP contribution < -0.4 is 5.73 Å². The number of hydrogen-bond donors (Lipinski definition) is 2. The smallest absolute Gasteiger partial charge is 0.256 e. The van der Waals surface area contributed by atoms with Gasteiger partial charge in [-0.3, -0.25) is 4.79 Å². The van der Waals surface area contributed by atoms with E-state index in [2.05, 4.69) is 6.92 Å². The minimum Gasteiger partial charge on any atom is -0.508 e. The van der Waals surface area contributed by atoms with Gasteiger partial charge in [-0.15, -0.1) is 0 Å². The van der Waals surface area contributed by atoms with Crippen LogP contribution in [-0.2, 0) is 0 Å². The van der Waals surface area contributed by atoms with E-state index >= 15 is 0 Å². The Labute approximate surface area is 114 Å². The number of aromatic hydroxyl groups is 1. The lowest BCUT2D eigenvalue weighted by molar-refractivity contribution is 0.0687. The highest BCUT2D eigenvalue weighted by atomic mass is 16.3. The second-order valence-electron chi connectivity index (χ2n) is 5.30. The zero-order valence-corrected chi connectivity index (χ0v) is 11.4. The van der Waals surface area contributed by atoms with E-state index < -0.39 is 0 Å². The summed E-state index contributed by atoms with van der Waals surface area (Å²) >= 11 is 0. The molecule has 0 spiro atoms. The number of nitrogen functional groups attached to an aromatic ring is 1. The summed E-state index contributed by atoms with van der Waals surface area (Å²) < 4.78 is 0. The van der Waals surface area contributed by atoms with Gasteiger partial charge in [0.1, 0.15) is 5.75 Å². The van der Waals surface area contributed by atoms with Crippen molar-refractivity contribution in [3.8, 4) is 5.75 Å². The molecule has 1 amide bonds. The predicted molar refractivity (Wildman–Crippen MR) is 76.1 cm³/mol. The van der Waals surface area contributed by atoms with Crippen LogP contribution in [0.15, 0.2) is 18.2 Å². The van der Waals surface area contributed by atoms with Gasteiger partial charge in [0, 0.05) is 18.8 Å². The number of hydrogen-bond acceptors (Lipinski definition) is 3. The van der Waals surface area contributed by atoms with Gasteiger partial charge in [-0.2, -0.15) is 0 Å². The van der Waals surface area contributed by atoms with Crippen molar-refractivity contribution < 1.29 is 9.90 Å². The Morgan fingerprint density at radius 1 is 1.42 bits per heavy atom. The lowest BCUT2D eigenvalue weighted by Crippen LogP contribution is -2.38. The molecule has 0 atom stereocenters. The number of nitrogens with zero attached hydrogens (tertiary/aromatic N) is 1. The molecule has 2 rings (SSSR count). The number of nitrogens with two attached hydrogens (primary N) is 1. The lowest BCUT2D eigenvalue weighted by atomic mass is 9.92. The van der Waals surface area contributed by atoms with E-state index in [1.54, 1.807) is 6.07 Å². The Balaban J connectivity index is 2.03. The molecule has 4 nitrogen and oxygen atoms in total. The first-order chi connectivity index (χ1) is 9.11. The molecule has 0 aliphatic carbocycles. The fraction of sp³-hybridized carbons (Fsp3) is 0.533. The predicted octanol–water partition coefficient (Wildman–Crippen LogP) is 2.63. The number of amides is 1. The molecule has 0 bridgehead atoms. The summed E-state index contributed by atoms with van der Waals surface area (Å²) in [5.41, 5.74) is 6.65. The average Bonchev–Trinajstić information content (AvgIpc) is 2.42. The number of phenolic OH excluding ortho intramolecular Hbond substituents is 1. The third-order valence-corrected chi connectivity index (χ3v) is 3.87. The van der Waals surface area contributed by atoms with E-state index in [1.165, 1.54) is 25.0 Å². The fourth-order valence-electron chi connectivity index (χ4n) is 2.73. The molecular formula is C15H22N2O2. The number of rotatable bonds is 3. The van der Waals surface area contributed by atoms with Gasteiger partial charge in [-0.05, 0) is 37.0 Å². The normalized spacial score (nSPS) is 16.6. The second kappa shape index (κ2) is 5.95. The SMILES string of the molecule is CCCC1CCN(C(=O)c2cc(O)ccc2N)CC1. The van der Waals surface area contributed by atoms with Crippen molar-refractivity contribution >= 4 is 11.6 Å². The van der Waals surface area contributed by atoms with E-state index in [4.69, 9.17) is 5.73 Å². The Morgan fingerprint density at radius 3 is 2.74 bits per heavy atom. The monoisotopic (exact) mass is 262 g/mol. The maximum Gasteiger partial charge on any atom is 0.256 e. The molecular weight excluding hydrogens is 240 g/mol. The van der Waals surface area contributed by atoms with Crippen LogP contribution in [0.5, 0.6) is 5.75 Å². The molecule has 104 valence electrons. The van der Waals surface area contributed by atoms with Crippen LogP contribution in [0.2, 0.25) is 0 Å². The summed E-state index contributed by atoms with van der Waals surface area (Å²) in [7, 11) is 0.